The molecular weight excluding hydrogens is 384 g/mol. The van der Waals surface area contributed by atoms with Gasteiger partial charge in [0.1, 0.15) is 6.10 Å². The van der Waals surface area contributed by atoms with E-state index < -0.39 is 0 Å². The third-order valence-corrected chi connectivity index (χ3v) is 6.79. The Morgan fingerprint density at radius 2 is 1.95 bits per heavy atom. The highest BCUT2D eigenvalue weighted by Crippen LogP contribution is 2.57. The lowest BCUT2D eigenvalue weighted by atomic mass is 9.58. The van der Waals surface area contributed by atoms with Gasteiger partial charge >= 0.3 is 0 Å². The highest BCUT2D eigenvalue weighted by atomic mass is 79.9. The molecule has 1 aromatic carbocycles. The second-order valence-corrected chi connectivity index (χ2v) is 7.83. The van der Waals surface area contributed by atoms with Gasteiger partial charge in [0.05, 0.1) is 11.6 Å². The van der Waals surface area contributed by atoms with Crippen LogP contribution >= 0.6 is 31.9 Å². The van der Waals surface area contributed by atoms with E-state index in [-0.39, 0.29) is 0 Å². The summed E-state index contributed by atoms with van der Waals surface area (Å²) in [7, 11) is 1.69. The Bertz CT molecular complexity index is 483. The van der Waals surface area contributed by atoms with Crippen LogP contribution in [0.3, 0.4) is 0 Å². The van der Waals surface area contributed by atoms with Crippen LogP contribution in [0.2, 0.25) is 0 Å². The molecule has 0 radical (unpaired) electrons. The zero-order valence-corrected chi connectivity index (χ0v) is 14.9. The molecule has 2 unspecified atom stereocenters. The van der Waals surface area contributed by atoms with Crippen molar-refractivity contribution in [1.82, 2.24) is 0 Å². The predicted octanol–water partition coefficient (Wildman–Crippen LogP) is 5.32. The summed E-state index contributed by atoms with van der Waals surface area (Å²) in [5, 5.41) is 0. The fraction of sp³-hybridized carbons (Fsp3) is 0.625. The molecule has 0 aliphatic heterocycles. The molecule has 2 fully saturated rings. The summed E-state index contributed by atoms with van der Waals surface area (Å²) in [6.07, 6.45) is 7.97. The lowest BCUT2D eigenvalue weighted by molar-refractivity contribution is -0.0614. The topological polar surface area (TPSA) is 18.5 Å². The monoisotopic (exact) mass is 402 g/mol. The number of hydrogen-bond donors (Lipinski definition) is 0. The Morgan fingerprint density at radius 1 is 1.20 bits per heavy atom. The molecule has 0 amide bonds. The maximum Gasteiger partial charge on any atom is 0.175 e. The van der Waals surface area contributed by atoms with Crippen LogP contribution in [-0.2, 0) is 0 Å². The summed E-state index contributed by atoms with van der Waals surface area (Å²) in [5.74, 6) is 1.66. The molecule has 2 aliphatic rings. The summed E-state index contributed by atoms with van der Waals surface area (Å²) in [4.78, 5) is 0.605. The molecule has 2 aliphatic carbocycles. The number of alkyl halides is 1. The fourth-order valence-corrected chi connectivity index (χ4v) is 5.15. The standard InChI is InChI=1S/C16H20Br2O2/c1-19-12-7-5-6-11(17)15(12)20-14-10-13(18)16(14)8-3-2-4-9-16/h5-7,13-14H,2-4,8-10H2,1H3. The van der Waals surface area contributed by atoms with E-state index in [0.717, 1.165) is 22.4 Å². The van der Waals surface area contributed by atoms with Crippen molar-refractivity contribution < 1.29 is 9.47 Å². The normalized spacial score (nSPS) is 27.9. The molecule has 2 nitrogen and oxygen atoms in total. The van der Waals surface area contributed by atoms with Crippen molar-refractivity contribution >= 4 is 31.9 Å². The number of ether oxygens (including phenoxy) is 2. The summed E-state index contributed by atoms with van der Waals surface area (Å²) in [5.41, 5.74) is 0.332. The predicted molar refractivity (Wildman–Crippen MR) is 88.0 cm³/mol. The van der Waals surface area contributed by atoms with Crippen molar-refractivity contribution in [3.8, 4) is 11.5 Å². The Kier molecular flexibility index (Phi) is 4.32. The van der Waals surface area contributed by atoms with Gasteiger partial charge in [0, 0.05) is 10.2 Å². The van der Waals surface area contributed by atoms with Gasteiger partial charge in [0.25, 0.3) is 0 Å². The maximum atomic E-state index is 6.36. The Labute approximate surface area is 137 Å². The Balaban J connectivity index is 1.81. The molecule has 0 bridgehead atoms. The van der Waals surface area contributed by atoms with Crippen LogP contribution in [0.25, 0.3) is 0 Å². The van der Waals surface area contributed by atoms with Gasteiger partial charge in [-0.05, 0) is 47.3 Å². The van der Waals surface area contributed by atoms with Crippen molar-refractivity contribution in [3.05, 3.63) is 22.7 Å². The van der Waals surface area contributed by atoms with E-state index in [0.29, 0.717) is 16.3 Å². The third-order valence-electron chi connectivity index (χ3n) is 4.88. The molecular formula is C16H20Br2O2. The van der Waals surface area contributed by atoms with Crippen LogP contribution in [0, 0.1) is 5.41 Å². The smallest absolute Gasteiger partial charge is 0.175 e. The van der Waals surface area contributed by atoms with Gasteiger partial charge in [-0.25, -0.2) is 0 Å². The molecule has 2 atom stereocenters. The first-order valence-corrected chi connectivity index (χ1v) is 9.01. The lowest BCUT2D eigenvalue weighted by Gasteiger charge is -2.55. The minimum absolute atomic E-state index is 0.305. The zero-order chi connectivity index (χ0) is 14.2. The molecule has 0 heterocycles. The summed E-state index contributed by atoms with van der Waals surface area (Å²) in [6.45, 7) is 0. The highest BCUT2D eigenvalue weighted by molar-refractivity contribution is 9.10. The first-order chi connectivity index (χ1) is 9.67. The summed E-state index contributed by atoms with van der Waals surface area (Å²) in [6, 6.07) is 5.94. The summed E-state index contributed by atoms with van der Waals surface area (Å²) < 4.78 is 12.8. The minimum atomic E-state index is 0.305. The van der Waals surface area contributed by atoms with Gasteiger partial charge in [-0.1, -0.05) is 41.3 Å². The largest absolute Gasteiger partial charge is 0.493 e. The quantitative estimate of drug-likeness (QED) is 0.635. The van der Waals surface area contributed by atoms with Gasteiger partial charge in [-0.2, -0.15) is 0 Å². The van der Waals surface area contributed by atoms with Crippen LogP contribution in [-0.4, -0.2) is 18.0 Å². The average Bonchev–Trinajstić information content (AvgIpc) is 2.49. The Hall–Kier alpha value is -0.220. The molecule has 4 heteroatoms. The van der Waals surface area contributed by atoms with Crippen molar-refractivity contribution in [3.63, 3.8) is 0 Å². The van der Waals surface area contributed by atoms with Crippen molar-refractivity contribution in [2.24, 2.45) is 5.41 Å². The number of methoxy groups -OCH3 is 1. The zero-order valence-electron chi connectivity index (χ0n) is 11.7. The van der Waals surface area contributed by atoms with E-state index in [1.54, 1.807) is 7.11 Å². The van der Waals surface area contributed by atoms with E-state index in [1.165, 1.54) is 32.1 Å². The van der Waals surface area contributed by atoms with Crippen LogP contribution in [0.5, 0.6) is 11.5 Å². The van der Waals surface area contributed by atoms with Crippen LogP contribution < -0.4 is 9.47 Å². The van der Waals surface area contributed by atoms with Crippen LogP contribution in [0.4, 0.5) is 0 Å². The fourth-order valence-electron chi connectivity index (χ4n) is 3.62. The number of rotatable bonds is 3. The number of para-hydroxylation sites is 1. The van der Waals surface area contributed by atoms with E-state index >= 15 is 0 Å². The molecule has 0 aromatic heterocycles. The van der Waals surface area contributed by atoms with Crippen LogP contribution in [0.15, 0.2) is 22.7 Å². The van der Waals surface area contributed by atoms with E-state index in [1.807, 2.05) is 18.2 Å². The van der Waals surface area contributed by atoms with Crippen LogP contribution in [0.1, 0.15) is 38.5 Å². The van der Waals surface area contributed by atoms with Gasteiger partial charge in [0.15, 0.2) is 11.5 Å². The van der Waals surface area contributed by atoms with Gasteiger partial charge in [-0.15, -0.1) is 0 Å². The number of benzene rings is 1. The van der Waals surface area contributed by atoms with Gasteiger partial charge in [0.2, 0.25) is 0 Å². The first-order valence-electron chi connectivity index (χ1n) is 7.30. The van der Waals surface area contributed by atoms with Gasteiger partial charge < -0.3 is 9.47 Å². The molecule has 3 rings (SSSR count). The third kappa shape index (κ3) is 2.39. The van der Waals surface area contributed by atoms with Crippen molar-refractivity contribution in [1.29, 1.82) is 0 Å². The summed E-state index contributed by atoms with van der Waals surface area (Å²) >= 11 is 7.44. The molecule has 1 aromatic rings. The number of halogens is 2. The Morgan fingerprint density at radius 3 is 2.60 bits per heavy atom. The minimum Gasteiger partial charge on any atom is -0.493 e. The average molecular weight is 404 g/mol. The molecule has 20 heavy (non-hydrogen) atoms. The molecule has 110 valence electrons. The SMILES string of the molecule is COc1cccc(Br)c1OC1CC(Br)C12CCCCC2. The van der Waals surface area contributed by atoms with E-state index in [4.69, 9.17) is 9.47 Å². The molecule has 2 saturated carbocycles. The highest BCUT2D eigenvalue weighted by Gasteiger charge is 2.55. The second-order valence-electron chi connectivity index (χ2n) is 5.87. The second kappa shape index (κ2) is 5.88. The molecule has 0 saturated heterocycles. The number of hydrogen-bond acceptors (Lipinski definition) is 2. The lowest BCUT2D eigenvalue weighted by Crippen LogP contribution is -2.57. The van der Waals surface area contributed by atoms with E-state index in [9.17, 15) is 0 Å². The maximum absolute atomic E-state index is 6.36. The molecule has 1 spiro atoms. The van der Waals surface area contributed by atoms with Crippen molar-refractivity contribution in [2.45, 2.75) is 49.5 Å². The van der Waals surface area contributed by atoms with E-state index in [2.05, 4.69) is 31.9 Å². The van der Waals surface area contributed by atoms with Gasteiger partial charge in [-0.3, -0.25) is 0 Å². The first kappa shape index (κ1) is 14.7. The van der Waals surface area contributed by atoms with Crippen molar-refractivity contribution in [2.75, 3.05) is 7.11 Å². The molecule has 0 N–H and O–H groups in total.